The minimum absolute atomic E-state index is 0.238. The van der Waals surface area contributed by atoms with Crippen molar-refractivity contribution in [2.45, 2.75) is 19.5 Å². The lowest BCUT2D eigenvalue weighted by Crippen LogP contribution is -2.28. The Morgan fingerprint density at radius 1 is 1.06 bits per heavy atom. The van der Waals surface area contributed by atoms with Gasteiger partial charge in [0.15, 0.2) is 5.82 Å². The van der Waals surface area contributed by atoms with Crippen LogP contribution in [-0.2, 0) is 6.54 Å². The number of hydrogen-bond donors (Lipinski definition) is 4. The van der Waals surface area contributed by atoms with Crippen LogP contribution >= 0.6 is 0 Å². The fourth-order valence-corrected chi connectivity index (χ4v) is 3.96. The molecule has 1 unspecified atom stereocenters. The van der Waals surface area contributed by atoms with Gasteiger partial charge in [0, 0.05) is 29.3 Å². The summed E-state index contributed by atoms with van der Waals surface area (Å²) in [5.74, 6) is -0.0669. The number of nitrogens with two attached hydrogens (primary N) is 1. The summed E-state index contributed by atoms with van der Waals surface area (Å²) < 4.78 is 0. The standard InChI is InChI=1S/C26H23N7O2/c1-15(24-31-26(35)33-32-24)29-25(34)23-20-13-19(17-5-3-2-4-6-17)22(30-21(20)11-12-28-23)18-9-7-16(14-27)8-10-18/h2-13,15H,14,27H2,1H3,(H,29,34)(H2,31,32,33,35). The van der Waals surface area contributed by atoms with Crippen LogP contribution in [0.25, 0.3) is 33.3 Å². The van der Waals surface area contributed by atoms with Gasteiger partial charge in [-0.3, -0.25) is 14.8 Å². The van der Waals surface area contributed by atoms with Crippen LogP contribution in [0.4, 0.5) is 0 Å². The van der Waals surface area contributed by atoms with Gasteiger partial charge in [-0.1, -0.05) is 54.6 Å². The van der Waals surface area contributed by atoms with Gasteiger partial charge in [0.2, 0.25) is 0 Å². The number of nitrogens with one attached hydrogen (secondary N) is 3. The minimum Gasteiger partial charge on any atom is -0.341 e. The van der Waals surface area contributed by atoms with E-state index in [4.69, 9.17) is 10.7 Å². The normalized spacial score (nSPS) is 11.9. The molecule has 3 aromatic heterocycles. The number of aromatic amines is 2. The zero-order valence-corrected chi connectivity index (χ0v) is 18.9. The number of amides is 1. The fourth-order valence-electron chi connectivity index (χ4n) is 3.96. The van der Waals surface area contributed by atoms with Gasteiger partial charge < -0.3 is 11.1 Å². The third-order valence-corrected chi connectivity index (χ3v) is 5.78. The Balaban J connectivity index is 1.62. The summed E-state index contributed by atoms with van der Waals surface area (Å²) in [5, 5.41) is 9.65. The highest BCUT2D eigenvalue weighted by molar-refractivity contribution is 6.06. The Labute approximate surface area is 200 Å². The topological polar surface area (TPSA) is 142 Å². The Morgan fingerprint density at radius 2 is 1.83 bits per heavy atom. The lowest BCUT2D eigenvalue weighted by Gasteiger charge is -2.15. The fraction of sp³-hybridized carbons (Fsp3) is 0.115. The van der Waals surface area contributed by atoms with E-state index in [0.717, 1.165) is 27.9 Å². The molecule has 5 rings (SSSR count). The molecule has 5 N–H and O–H groups in total. The van der Waals surface area contributed by atoms with Crippen molar-refractivity contribution in [2.24, 2.45) is 5.73 Å². The van der Waals surface area contributed by atoms with Gasteiger partial charge in [0.05, 0.1) is 17.3 Å². The maximum absolute atomic E-state index is 13.2. The summed E-state index contributed by atoms with van der Waals surface area (Å²) in [7, 11) is 0. The van der Waals surface area contributed by atoms with E-state index < -0.39 is 17.6 Å². The van der Waals surface area contributed by atoms with Gasteiger partial charge in [0.1, 0.15) is 5.69 Å². The molecular formula is C26H23N7O2. The largest absolute Gasteiger partial charge is 0.341 e. The molecule has 0 radical (unpaired) electrons. The summed E-state index contributed by atoms with van der Waals surface area (Å²) in [6, 6.07) is 21.1. The lowest BCUT2D eigenvalue weighted by atomic mass is 9.96. The van der Waals surface area contributed by atoms with Crippen molar-refractivity contribution in [3.63, 3.8) is 0 Å². The Kier molecular flexibility index (Phi) is 5.90. The third-order valence-electron chi connectivity index (χ3n) is 5.78. The van der Waals surface area contributed by atoms with Crippen LogP contribution in [-0.4, -0.2) is 31.1 Å². The molecule has 9 nitrogen and oxygen atoms in total. The molecule has 0 saturated heterocycles. The highest BCUT2D eigenvalue weighted by atomic mass is 16.2. The van der Waals surface area contributed by atoms with E-state index in [1.807, 2.05) is 60.7 Å². The zero-order valence-electron chi connectivity index (χ0n) is 18.9. The molecule has 0 spiro atoms. The monoisotopic (exact) mass is 465 g/mol. The van der Waals surface area contributed by atoms with Crippen molar-refractivity contribution in [1.29, 1.82) is 0 Å². The van der Waals surface area contributed by atoms with Crippen molar-refractivity contribution in [3.05, 3.63) is 100 Å². The molecule has 0 bridgehead atoms. The number of carbonyl (C=O) groups is 1. The van der Waals surface area contributed by atoms with Gasteiger partial charge in [-0.25, -0.2) is 14.9 Å². The molecule has 5 aromatic rings. The van der Waals surface area contributed by atoms with Gasteiger partial charge in [-0.2, -0.15) is 5.10 Å². The molecule has 0 aliphatic heterocycles. The Morgan fingerprint density at radius 3 is 2.51 bits per heavy atom. The van der Waals surface area contributed by atoms with Gasteiger partial charge in [-0.05, 0) is 30.2 Å². The SMILES string of the molecule is CC(NC(=O)c1nccc2nc(-c3ccc(CN)cc3)c(-c3ccccc3)cc12)c1n[nH]c(=O)[nH]1. The minimum atomic E-state index is -0.527. The molecule has 35 heavy (non-hydrogen) atoms. The summed E-state index contributed by atoms with van der Waals surface area (Å²) in [6.07, 6.45) is 1.56. The maximum Gasteiger partial charge on any atom is 0.340 e. The summed E-state index contributed by atoms with van der Waals surface area (Å²) in [6.45, 7) is 2.19. The zero-order chi connectivity index (χ0) is 24.4. The summed E-state index contributed by atoms with van der Waals surface area (Å²) in [5.41, 5.74) is 10.8. The number of aromatic nitrogens is 5. The van der Waals surface area contributed by atoms with Crippen molar-refractivity contribution >= 4 is 16.8 Å². The molecule has 1 atom stereocenters. The van der Waals surface area contributed by atoms with E-state index in [-0.39, 0.29) is 5.69 Å². The second kappa shape index (κ2) is 9.32. The molecule has 0 fully saturated rings. The molecule has 1 amide bonds. The number of nitrogens with zero attached hydrogens (tertiary/aromatic N) is 3. The van der Waals surface area contributed by atoms with Crippen molar-refractivity contribution in [2.75, 3.05) is 0 Å². The van der Waals surface area contributed by atoms with Crippen LogP contribution in [0.3, 0.4) is 0 Å². The number of pyridine rings is 2. The molecule has 9 heteroatoms. The number of rotatable bonds is 6. The average Bonchev–Trinajstić information content (AvgIpc) is 3.34. The Hall–Kier alpha value is -4.63. The third kappa shape index (κ3) is 4.44. The van der Waals surface area contributed by atoms with Crippen LogP contribution in [0.2, 0.25) is 0 Å². The van der Waals surface area contributed by atoms with Crippen LogP contribution < -0.4 is 16.7 Å². The Bertz CT molecular complexity index is 1560. The quantitative estimate of drug-likeness (QED) is 0.303. The highest BCUT2D eigenvalue weighted by Gasteiger charge is 2.20. The van der Waals surface area contributed by atoms with Crippen molar-refractivity contribution in [1.82, 2.24) is 30.5 Å². The second-order valence-electron chi connectivity index (χ2n) is 8.14. The second-order valence-corrected chi connectivity index (χ2v) is 8.14. The smallest absolute Gasteiger partial charge is 0.340 e. The predicted octanol–water partition coefficient (Wildman–Crippen LogP) is 3.32. The summed E-state index contributed by atoms with van der Waals surface area (Å²) in [4.78, 5) is 36.4. The first-order valence-electron chi connectivity index (χ1n) is 11.1. The number of H-pyrrole nitrogens is 2. The maximum atomic E-state index is 13.2. The lowest BCUT2D eigenvalue weighted by molar-refractivity contribution is 0.0935. The highest BCUT2D eigenvalue weighted by Crippen LogP contribution is 2.34. The predicted molar refractivity (Wildman–Crippen MR) is 133 cm³/mol. The van der Waals surface area contributed by atoms with Crippen LogP contribution in [0.5, 0.6) is 0 Å². The van der Waals surface area contributed by atoms with Gasteiger partial charge in [-0.15, -0.1) is 0 Å². The summed E-state index contributed by atoms with van der Waals surface area (Å²) >= 11 is 0. The number of fused-ring (bicyclic) bond motifs is 1. The van der Waals surface area contributed by atoms with Crippen LogP contribution in [0.15, 0.2) is 77.7 Å². The molecule has 0 aliphatic rings. The van der Waals surface area contributed by atoms with E-state index in [9.17, 15) is 9.59 Å². The molecule has 174 valence electrons. The van der Waals surface area contributed by atoms with E-state index in [1.165, 1.54) is 0 Å². The van der Waals surface area contributed by atoms with E-state index in [1.54, 1.807) is 19.2 Å². The molecule has 0 saturated carbocycles. The van der Waals surface area contributed by atoms with Crippen molar-refractivity contribution in [3.8, 4) is 22.4 Å². The van der Waals surface area contributed by atoms with Crippen molar-refractivity contribution < 1.29 is 4.79 Å². The first-order valence-corrected chi connectivity index (χ1v) is 11.1. The van der Waals surface area contributed by atoms with Gasteiger partial charge in [0.25, 0.3) is 5.91 Å². The van der Waals surface area contributed by atoms with E-state index >= 15 is 0 Å². The number of benzene rings is 2. The molecule has 3 heterocycles. The molecule has 2 aromatic carbocycles. The molecule has 0 aliphatic carbocycles. The first kappa shape index (κ1) is 22.2. The van der Waals surface area contributed by atoms with Gasteiger partial charge >= 0.3 is 5.69 Å². The first-order chi connectivity index (χ1) is 17.0. The molecular weight excluding hydrogens is 442 g/mol. The average molecular weight is 466 g/mol. The van der Waals surface area contributed by atoms with E-state index in [0.29, 0.717) is 23.3 Å². The van der Waals surface area contributed by atoms with Crippen LogP contribution in [0.1, 0.15) is 34.8 Å². The van der Waals surface area contributed by atoms with Crippen LogP contribution in [0, 0.1) is 0 Å². The van der Waals surface area contributed by atoms with E-state index in [2.05, 4.69) is 25.5 Å². The number of hydrogen-bond acceptors (Lipinski definition) is 6. The number of carbonyl (C=O) groups excluding carboxylic acids is 1.